The molecular weight excluding hydrogens is 380 g/mol. The van der Waals surface area contributed by atoms with E-state index < -0.39 is 6.61 Å². The number of alkyl halides is 2. The second-order valence-electron chi connectivity index (χ2n) is 5.86. The molecular formula is C21H19F2N3O3. The Bertz CT molecular complexity index is 971. The predicted octanol–water partition coefficient (Wildman–Crippen LogP) is 4.73. The first-order chi connectivity index (χ1) is 14.0. The summed E-state index contributed by atoms with van der Waals surface area (Å²) in [7, 11) is 0. The lowest BCUT2D eigenvalue weighted by Gasteiger charge is -2.11. The molecule has 3 aromatic rings. The van der Waals surface area contributed by atoms with Crippen LogP contribution in [0.4, 0.5) is 14.5 Å². The molecule has 29 heavy (non-hydrogen) atoms. The van der Waals surface area contributed by atoms with Crippen molar-refractivity contribution in [3.63, 3.8) is 0 Å². The normalized spacial score (nSPS) is 11.0. The smallest absolute Gasteiger partial charge is 0.387 e. The van der Waals surface area contributed by atoms with E-state index in [-0.39, 0.29) is 17.4 Å². The molecule has 2 N–H and O–H groups in total. The fourth-order valence-corrected chi connectivity index (χ4v) is 2.58. The summed E-state index contributed by atoms with van der Waals surface area (Å²) in [4.78, 5) is 19.3. The summed E-state index contributed by atoms with van der Waals surface area (Å²) < 4.78 is 34.7. The van der Waals surface area contributed by atoms with E-state index in [9.17, 15) is 13.6 Å². The van der Waals surface area contributed by atoms with Crippen molar-refractivity contribution in [2.75, 3.05) is 11.9 Å². The van der Waals surface area contributed by atoms with E-state index in [4.69, 9.17) is 4.74 Å². The zero-order valence-electron chi connectivity index (χ0n) is 15.6. The number of hydrogen-bond acceptors (Lipinski definition) is 4. The van der Waals surface area contributed by atoms with Gasteiger partial charge in [-0.05, 0) is 55.0 Å². The van der Waals surface area contributed by atoms with Gasteiger partial charge in [-0.3, -0.25) is 4.79 Å². The standard InChI is InChI=1S/C21H19F2N3O3/c1-2-28-18-13-14(3-9-17(18)29-21(22)23)4-10-19(27)26-16-7-5-15(6-8-16)20-24-11-12-25-20/h3-13,21H,2H2,1H3,(H,24,25)(H,26,27)/b10-4+. The van der Waals surface area contributed by atoms with E-state index in [2.05, 4.69) is 20.0 Å². The average molecular weight is 399 g/mol. The number of anilines is 1. The van der Waals surface area contributed by atoms with Gasteiger partial charge in [0.15, 0.2) is 11.5 Å². The molecule has 8 heteroatoms. The van der Waals surface area contributed by atoms with E-state index in [0.717, 1.165) is 11.4 Å². The Morgan fingerprint density at radius 1 is 1.21 bits per heavy atom. The molecule has 0 radical (unpaired) electrons. The van der Waals surface area contributed by atoms with Gasteiger partial charge >= 0.3 is 6.61 Å². The molecule has 0 aliphatic rings. The average Bonchev–Trinajstić information content (AvgIpc) is 3.23. The third-order valence-corrected chi connectivity index (χ3v) is 3.83. The lowest BCUT2D eigenvalue weighted by Crippen LogP contribution is -2.07. The molecule has 0 fully saturated rings. The molecule has 6 nitrogen and oxygen atoms in total. The number of benzene rings is 2. The SMILES string of the molecule is CCOc1cc(/C=C/C(=O)Nc2ccc(-c3ncc[nH]3)cc2)ccc1OC(F)F. The van der Waals surface area contributed by atoms with Crippen LogP contribution in [0.5, 0.6) is 11.5 Å². The van der Waals surface area contributed by atoms with E-state index in [1.165, 1.54) is 18.2 Å². The van der Waals surface area contributed by atoms with Gasteiger partial charge < -0.3 is 19.8 Å². The van der Waals surface area contributed by atoms with Crippen molar-refractivity contribution in [1.29, 1.82) is 0 Å². The summed E-state index contributed by atoms with van der Waals surface area (Å²) in [6, 6.07) is 11.7. The highest BCUT2D eigenvalue weighted by atomic mass is 19.3. The molecule has 0 atom stereocenters. The van der Waals surface area contributed by atoms with Gasteiger partial charge in [0.25, 0.3) is 0 Å². The number of carbonyl (C=O) groups excluding carboxylic acids is 1. The number of nitrogens with zero attached hydrogens (tertiary/aromatic N) is 1. The van der Waals surface area contributed by atoms with E-state index >= 15 is 0 Å². The van der Waals surface area contributed by atoms with Gasteiger partial charge in [-0.2, -0.15) is 8.78 Å². The maximum Gasteiger partial charge on any atom is 0.387 e. The molecule has 1 heterocycles. The van der Waals surface area contributed by atoms with Gasteiger partial charge in [-0.25, -0.2) is 4.98 Å². The molecule has 0 saturated carbocycles. The van der Waals surface area contributed by atoms with E-state index in [1.54, 1.807) is 43.6 Å². The van der Waals surface area contributed by atoms with Crippen LogP contribution in [0.25, 0.3) is 17.5 Å². The van der Waals surface area contributed by atoms with Crippen molar-refractivity contribution in [1.82, 2.24) is 9.97 Å². The van der Waals surface area contributed by atoms with Gasteiger partial charge in [-0.15, -0.1) is 0 Å². The highest BCUT2D eigenvalue weighted by Gasteiger charge is 2.11. The molecule has 0 spiro atoms. The van der Waals surface area contributed by atoms with Crippen LogP contribution in [0, 0.1) is 0 Å². The monoisotopic (exact) mass is 399 g/mol. The highest BCUT2D eigenvalue weighted by molar-refractivity contribution is 6.02. The minimum Gasteiger partial charge on any atom is -0.490 e. The Morgan fingerprint density at radius 2 is 2.00 bits per heavy atom. The number of rotatable bonds is 8. The van der Waals surface area contributed by atoms with Crippen LogP contribution in [0.2, 0.25) is 0 Å². The van der Waals surface area contributed by atoms with Crippen LogP contribution in [0.15, 0.2) is 60.9 Å². The molecule has 0 bridgehead atoms. The van der Waals surface area contributed by atoms with Gasteiger partial charge in [0.05, 0.1) is 6.61 Å². The summed E-state index contributed by atoms with van der Waals surface area (Å²) >= 11 is 0. The lowest BCUT2D eigenvalue weighted by atomic mass is 10.1. The van der Waals surface area contributed by atoms with E-state index in [0.29, 0.717) is 17.9 Å². The molecule has 0 aliphatic heterocycles. The van der Waals surface area contributed by atoms with Crippen LogP contribution in [-0.4, -0.2) is 29.1 Å². The molecule has 150 valence electrons. The van der Waals surface area contributed by atoms with Crippen molar-refractivity contribution >= 4 is 17.7 Å². The Morgan fingerprint density at radius 3 is 2.66 bits per heavy atom. The number of hydrogen-bond donors (Lipinski definition) is 2. The first kappa shape index (κ1) is 20.1. The van der Waals surface area contributed by atoms with Crippen LogP contribution < -0.4 is 14.8 Å². The van der Waals surface area contributed by atoms with Gasteiger partial charge in [-0.1, -0.05) is 6.07 Å². The zero-order chi connectivity index (χ0) is 20.6. The molecule has 0 unspecified atom stereocenters. The summed E-state index contributed by atoms with van der Waals surface area (Å²) in [5.41, 5.74) is 2.14. The molecule has 0 saturated heterocycles. The van der Waals surface area contributed by atoms with Crippen molar-refractivity contribution in [2.45, 2.75) is 13.5 Å². The Hall–Kier alpha value is -3.68. The number of imidazole rings is 1. The van der Waals surface area contributed by atoms with Crippen LogP contribution >= 0.6 is 0 Å². The minimum atomic E-state index is -2.94. The van der Waals surface area contributed by atoms with Gasteiger partial charge in [0.1, 0.15) is 5.82 Å². The van der Waals surface area contributed by atoms with Crippen molar-refractivity contribution in [2.24, 2.45) is 0 Å². The van der Waals surface area contributed by atoms with Crippen molar-refractivity contribution in [3.8, 4) is 22.9 Å². The molecule has 3 rings (SSSR count). The second-order valence-corrected chi connectivity index (χ2v) is 5.86. The largest absolute Gasteiger partial charge is 0.490 e. The van der Waals surface area contributed by atoms with E-state index in [1.807, 2.05) is 12.1 Å². The molecule has 1 amide bonds. The fraction of sp³-hybridized carbons (Fsp3) is 0.143. The number of H-pyrrole nitrogens is 1. The Kier molecular flexibility index (Phi) is 6.57. The minimum absolute atomic E-state index is 0.0555. The summed E-state index contributed by atoms with van der Waals surface area (Å²) in [6.45, 7) is -0.916. The topological polar surface area (TPSA) is 76.2 Å². The number of amides is 1. The third kappa shape index (κ3) is 5.65. The van der Waals surface area contributed by atoms with Crippen molar-refractivity contribution < 1.29 is 23.0 Å². The highest BCUT2D eigenvalue weighted by Crippen LogP contribution is 2.30. The maximum absolute atomic E-state index is 12.5. The summed E-state index contributed by atoms with van der Waals surface area (Å²) in [5, 5.41) is 2.75. The number of carbonyl (C=O) groups is 1. The maximum atomic E-state index is 12.5. The van der Waals surface area contributed by atoms with Gasteiger partial charge in [0, 0.05) is 29.7 Å². The molecule has 2 aromatic carbocycles. The number of ether oxygens (including phenoxy) is 2. The number of aromatic amines is 1. The van der Waals surface area contributed by atoms with Crippen molar-refractivity contribution in [3.05, 3.63) is 66.5 Å². The van der Waals surface area contributed by atoms with Crippen LogP contribution in [-0.2, 0) is 4.79 Å². The van der Waals surface area contributed by atoms with Crippen LogP contribution in [0.3, 0.4) is 0 Å². The number of halogens is 2. The Labute approximate surface area is 166 Å². The second kappa shape index (κ2) is 9.50. The van der Waals surface area contributed by atoms with Crippen LogP contribution in [0.1, 0.15) is 12.5 Å². The predicted molar refractivity (Wildman–Crippen MR) is 106 cm³/mol. The summed E-state index contributed by atoms with van der Waals surface area (Å²) in [5.74, 6) is 0.540. The lowest BCUT2D eigenvalue weighted by molar-refractivity contribution is -0.111. The Balaban J connectivity index is 1.64. The molecule has 0 aliphatic carbocycles. The quantitative estimate of drug-likeness (QED) is 0.537. The summed E-state index contributed by atoms with van der Waals surface area (Å²) in [6.07, 6.45) is 6.30. The first-order valence-corrected chi connectivity index (χ1v) is 8.85. The molecule has 1 aromatic heterocycles. The fourth-order valence-electron chi connectivity index (χ4n) is 2.58. The first-order valence-electron chi connectivity index (χ1n) is 8.85. The van der Waals surface area contributed by atoms with Gasteiger partial charge in [0.2, 0.25) is 5.91 Å². The zero-order valence-corrected chi connectivity index (χ0v) is 15.6. The third-order valence-electron chi connectivity index (χ3n) is 3.83. The number of nitrogens with one attached hydrogen (secondary N) is 2. The number of aromatic nitrogens is 2.